The van der Waals surface area contributed by atoms with Crippen LogP contribution in [0, 0.1) is 46.1 Å². The fourth-order valence-corrected chi connectivity index (χ4v) is 16.3. The quantitative estimate of drug-likeness (QED) is 0.0410. The van der Waals surface area contributed by atoms with E-state index in [1.165, 1.54) is 20.1 Å². The molecule has 7 N–H and O–H groups in total. The molecule has 6 aliphatic heterocycles. The molecule has 4 aliphatic carbocycles. The molecule has 10 rings (SSSR count). The van der Waals surface area contributed by atoms with Gasteiger partial charge in [0.15, 0.2) is 48.3 Å². The summed E-state index contributed by atoms with van der Waals surface area (Å²) in [6.45, 7) is 18.1. The Morgan fingerprint density at radius 2 is 1.43 bits per heavy atom. The number of hydrogen-bond acceptors (Lipinski definition) is 23. The summed E-state index contributed by atoms with van der Waals surface area (Å²) in [5, 5.41) is 71.4. The molecule has 10 aliphatic rings. The van der Waals surface area contributed by atoms with Crippen molar-refractivity contribution >= 4 is 30.4 Å². The van der Waals surface area contributed by atoms with E-state index in [0.29, 0.717) is 50.2 Å². The summed E-state index contributed by atoms with van der Waals surface area (Å²) >= 11 is 0. The van der Waals surface area contributed by atoms with Gasteiger partial charge < -0.3 is 87.8 Å². The number of carbonyl (C=O) groups is 5. The van der Waals surface area contributed by atoms with Crippen molar-refractivity contribution in [2.45, 2.75) is 255 Å². The predicted octanol–water partition coefficient (Wildman–Crippen LogP) is 4.62. The second kappa shape index (κ2) is 27.3. The highest BCUT2D eigenvalue weighted by Gasteiger charge is 2.65. The third-order valence-corrected chi connectivity index (χ3v) is 21.0. The monoisotopic (exact) mass is 1270 g/mol. The topological polar surface area (TPSA) is 337 Å². The molecular formula is C65H92N2O23. The van der Waals surface area contributed by atoms with E-state index >= 15 is 4.79 Å². The molecule has 25 nitrogen and oxygen atoms in total. The fourth-order valence-electron chi connectivity index (χ4n) is 16.3. The zero-order chi connectivity index (χ0) is 65.1. The minimum absolute atomic E-state index is 0.00370. The molecule has 1 saturated carbocycles. The number of rotatable bonds is 14. The zero-order valence-corrected chi connectivity index (χ0v) is 53.1. The van der Waals surface area contributed by atoms with Gasteiger partial charge in [0.2, 0.25) is 12.1 Å². The van der Waals surface area contributed by atoms with Crippen molar-refractivity contribution in [1.82, 2.24) is 5.32 Å². The van der Waals surface area contributed by atoms with Crippen LogP contribution in [-0.4, -0.2) is 185 Å². The van der Waals surface area contributed by atoms with E-state index in [4.69, 9.17) is 56.8 Å². The number of Topliss-reactive ketones (excluding diaryl/α,β-unsaturated/α-hetero) is 1. The molecule has 28 atom stereocenters. The van der Waals surface area contributed by atoms with E-state index in [9.17, 15) is 50.0 Å². The van der Waals surface area contributed by atoms with Crippen molar-refractivity contribution in [3.8, 4) is 0 Å². The minimum atomic E-state index is -2.19. The first-order valence-corrected chi connectivity index (χ1v) is 31.9. The lowest BCUT2D eigenvalue weighted by atomic mass is 9.49. The normalized spacial score (nSPS) is 46.0. The number of ether oxygens (including phenoxy) is 12. The SMILES string of the molecule is COC(=O)NC1C(C)OC(OC2CC=C(C)C3C=CC4C(OC5CC(OC6CCC(OC7CC(O)C(OC8CCC(O)C(C)O8)C(C)O7)C(C)O6)C=C(C=O)O5)C(C)CC(C)C4C3(C)C(O)=C3C(=O)OC4(CC(C=O)=CC(O)C4C=C2C)C3=O)CC1(C)[NH+]([O-])O. The van der Waals surface area contributed by atoms with Crippen LogP contribution in [0.4, 0.5) is 4.79 Å². The van der Waals surface area contributed by atoms with E-state index < -0.39 is 192 Å². The van der Waals surface area contributed by atoms with E-state index in [1.54, 1.807) is 32.9 Å². The van der Waals surface area contributed by atoms with Crippen molar-refractivity contribution in [2.24, 2.45) is 40.9 Å². The highest BCUT2D eigenvalue weighted by molar-refractivity contribution is 6.26. The number of aliphatic hydroxyl groups is 4. The van der Waals surface area contributed by atoms with Crippen molar-refractivity contribution < 1.29 is 112 Å². The third-order valence-electron chi connectivity index (χ3n) is 21.0. The van der Waals surface area contributed by atoms with E-state index in [0.717, 1.165) is 5.57 Å². The van der Waals surface area contributed by atoms with Crippen LogP contribution in [0.2, 0.25) is 0 Å². The summed E-state index contributed by atoms with van der Waals surface area (Å²) in [5.41, 5.74) is -4.65. The molecule has 28 unspecified atom stereocenters. The standard InChI is InChI=1S/C65H92N2O23/c1-30-12-16-47(86-53-27-63(9,67(77)78)58(37(8)83-53)66-62(76)79-11)31(2)21-43-45(71)22-38(28-68)26-65(43)60(74)54(61(75)90-65)59(73)64(10)42(30)14-13-41-55(64)32(3)20-33(4)56(41)89-51-24-39(23-40(29-69)85-51)84-49-19-17-48(35(6)81-49)87-52-25-46(72)57(36(7)82-52)88-50-18-15-44(70)34(5)80-50/h12-14,21-23,28-29,32-37,39,41-53,55-58,67,70-73,77H,15-20,24-27H2,1-11H3,(H,66,76). The van der Waals surface area contributed by atoms with Crippen LogP contribution in [0.3, 0.4) is 0 Å². The summed E-state index contributed by atoms with van der Waals surface area (Å²) in [6.07, 6.45) is 0.263. The van der Waals surface area contributed by atoms with Gasteiger partial charge in [-0.1, -0.05) is 50.6 Å². The number of alkyl carbamates (subject to hydrolysis) is 1. The minimum Gasteiger partial charge on any atom is -0.600 e. The Morgan fingerprint density at radius 3 is 2.11 bits per heavy atom. The Hall–Kier alpha value is -4.81. The smallest absolute Gasteiger partial charge is 0.407 e. The number of quaternary nitrogens is 1. The number of methoxy groups -OCH3 is 1. The first kappa shape index (κ1) is 68.1. The number of nitrogens with one attached hydrogen (secondary N) is 2. The summed E-state index contributed by atoms with van der Waals surface area (Å²) in [5.74, 6) is -5.88. The van der Waals surface area contributed by atoms with Gasteiger partial charge in [0.25, 0.3) is 0 Å². The Morgan fingerprint density at radius 1 is 0.744 bits per heavy atom. The summed E-state index contributed by atoms with van der Waals surface area (Å²) < 4.78 is 74.7. The number of aliphatic hydroxyl groups excluding tert-OH is 4. The zero-order valence-electron chi connectivity index (χ0n) is 53.1. The maximum atomic E-state index is 15.5. The number of hydroxylamine groups is 2. The number of carbonyl (C=O) groups excluding carboxylic acids is 5. The lowest BCUT2D eigenvalue weighted by Gasteiger charge is -2.56. The number of esters is 1. The molecule has 5 saturated heterocycles. The van der Waals surface area contributed by atoms with Crippen LogP contribution < -0.4 is 10.5 Å². The molecule has 25 heteroatoms. The van der Waals surface area contributed by atoms with Crippen molar-refractivity contribution in [3.05, 3.63) is 75.5 Å². The lowest BCUT2D eigenvalue weighted by Crippen LogP contribution is -3.17. The van der Waals surface area contributed by atoms with Gasteiger partial charge in [-0.05, 0) is 115 Å². The van der Waals surface area contributed by atoms with Gasteiger partial charge in [0.05, 0.1) is 86.6 Å². The number of ketones is 1. The molecule has 1 amide bonds. The van der Waals surface area contributed by atoms with Crippen molar-refractivity contribution in [3.63, 3.8) is 0 Å². The molecule has 500 valence electrons. The Bertz CT molecular complexity index is 2860. The molecule has 90 heavy (non-hydrogen) atoms. The molecule has 6 fully saturated rings. The van der Waals surface area contributed by atoms with Crippen LogP contribution in [0.1, 0.15) is 133 Å². The second-order valence-corrected chi connectivity index (χ2v) is 27.2. The van der Waals surface area contributed by atoms with Crippen molar-refractivity contribution in [1.29, 1.82) is 0 Å². The number of aldehydes is 2. The molecule has 1 spiro atoms. The van der Waals surface area contributed by atoms with Gasteiger partial charge in [-0.15, -0.1) is 0 Å². The molecule has 0 aromatic heterocycles. The van der Waals surface area contributed by atoms with E-state index in [2.05, 4.69) is 19.2 Å². The van der Waals surface area contributed by atoms with Gasteiger partial charge in [-0.3, -0.25) is 14.4 Å². The largest absolute Gasteiger partial charge is 0.600 e. The highest BCUT2D eigenvalue weighted by Crippen LogP contribution is 2.61. The number of hydrogen-bond donors (Lipinski definition) is 7. The molecule has 0 aromatic carbocycles. The van der Waals surface area contributed by atoms with Crippen LogP contribution >= 0.6 is 0 Å². The van der Waals surface area contributed by atoms with Gasteiger partial charge in [-0.25, -0.2) is 20.0 Å². The van der Waals surface area contributed by atoms with Crippen molar-refractivity contribution in [2.75, 3.05) is 7.11 Å². The Kier molecular flexibility index (Phi) is 20.6. The highest BCUT2D eigenvalue weighted by atomic mass is 16.8. The summed E-state index contributed by atoms with van der Waals surface area (Å²) in [4.78, 5) is 67.8. The fraction of sp³-hybridized carbons (Fsp3) is 0.738. The lowest BCUT2D eigenvalue weighted by molar-refractivity contribution is -1.09. The number of amides is 1. The maximum Gasteiger partial charge on any atom is 0.407 e. The molecule has 2 bridgehead atoms. The van der Waals surface area contributed by atoms with Gasteiger partial charge in [0, 0.05) is 49.4 Å². The Balaban J connectivity index is 0.885. The maximum absolute atomic E-state index is 15.5. The van der Waals surface area contributed by atoms with Gasteiger partial charge in [0.1, 0.15) is 29.8 Å². The average Bonchev–Trinajstić information content (AvgIpc) is 1.73. The van der Waals surface area contributed by atoms with E-state index in [1.807, 2.05) is 45.9 Å². The molecule has 0 aromatic rings. The van der Waals surface area contributed by atoms with Crippen LogP contribution in [0.25, 0.3) is 0 Å². The van der Waals surface area contributed by atoms with Crippen LogP contribution in [0.5, 0.6) is 0 Å². The predicted molar refractivity (Wildman–Crippen MR) is 313 cm³/mol. The van der Waals surface area contributed by atoms with Gasteiger partial charge >= 0.3 is 12.1 Å². The van der Waals surface area contributed by atoms with Crippen LogP contribution in [-0.2, 0) is 76.0 Å². The summed E-state index contributed by atoms with van der Waals surface area (Å²) in [6, 6.07) is -1.02. The first-order valence-electron chi connectivity index (χ1n) is 31.9. The summed E-state index contributed by atoms with van der Waals surface area (Å²) in [7, 11) is 1.17. The first-order chi connectivity index (χ1) is 42.6. The second-order valence-electron chi connectivity index (χ2n) is 27.2. The number of allylic oxidation sites excluding steroid dienone is 4. The van der Waals surface area contributed by atoms with E-state index in [-0.39, 0.29) is 48.9 Å². The molecular weight excluding hydrogens is 1180 g/mol. The van der Waals surface area contributed by atoms with Gasteiger partial charge in [-0.2, -0.15) is 0 Å². The average molecular weight is 1270 g/mol. The Labute approximate surface area is 524 Å². The third kappa shape index (κ3) is 13.2. The van der Waals surface area contributed by atoms with Crippen LogP contribution in [0.15, 0.2) is 70.3 Å². The molecule has 6 heterocycles. The number of fused-ring (bicyclic) bond motifs is 4. The molecule has 0 radical (unpaired) electrons.